The molecular weight excluding hydrogens is 311 g/mol. The SMILES string of the molecule is CC(C)(C)OC(=O)N/C(C=N)=C(/Nc1ccccc1)C(F)(F)F. The van der Waals surface area contributed by atoms with Crippen LogP contribution in [0.2, 0.25) is 0 Å². The Morgan fingerprint density at radius 1 is 1.17 bits per heavy atom. The first-order chi connectivity index (χ1) is 10.5. The van der Waals surface area contributed by atoms with Gasteiger partial charge in [-0.2, -0.15) is 13.2 Å². The summed E-state index contributed by atoms with van der Waals surface area (Å²) >= 11 is 0. The molecule has 0 atom stereocenters. The van der Waals surface area contributed by atoms with E-state index in [1.165, 1.54) is 12.1 Å². The van der Waals surface area contributed by atoms with Crippen LogP contribution in [0, 0.1) is 5.41 Å². The quantitative estimate of drug-likeness (QED) is 0.730. The number of amides is 1. The first kappa shape index (κ1) is 18.5. The van der Waals surface area contributed by atoms with Crippen LogP contribution in [0.4, 0.5) is 23.7 Å². The molecule has 23 heavy (non-hydrogen) atoms. The molecule has 0 radical (unpaired) electrons. The van der Waals surface area contributed by atoms with Crippen molar-refractivity contribution in [1.29, 1.82) is 5.41 Å². The second-order valence-electron chi connectivity index (χ2n) is 5.55. The topological polar surface area (TPSA) is 74.2 Å². The van der Waals surface area contributed by atoms with E-state index in [4.69, 9.17) is 10.1 Å². The van der Waals surface area contributed by atoms with E-state index >= 15 is 0 Å². The van der Waals surface area contributed by atoms with Gasteiger partial charge in [-0.05, 0) is 32.9 Å². The Morgan fingerprint density at radius 3 is 2.17 bits per heavy atom. The molecule has 126 valence electrons. The van der Waals surface area contributed by atoms with Crippen molar-refractivity contribution in [2.24, 2.45) is 0 Å². The molecule has 0 fully saturated rings. The van der Waals surface area contributed by atoms with Crippen LogP contribution in [-0.2, 0) is 4.74 Å². The maximum Gasteiger partial charge on any atom is 0.433 e. The van der Waals surface area contributed by atoms with Crippen molar-refractivity contribution in [2.75, 3.05) is 5.32 Å². The van der Waals surface area contributed by atoms with Crippen LogP contribution in [0.1, 0.15) is 20.8 Å². The van der Waals surface area contributed by atoms with Crippen LogP contribution in [-0.4, -0.2) is 24.1 Å². The molecule has 0 spiro atoms. The summed E-state index contributed by atoms with van der Waals surface area (Å²) in [6.07, 6.45) is -5.46. The van der Waals surface area contributed by atoms with E-state index in [0.29, 0.717) is 6.21 Å². The van der Waals surface area contributed by atoms with Gasteiger partial charge in [0.2, 0.25) is 0 Å². The molecule has 0 heterocycles. The molecule has 8 heteroatoms. The molecule has 1 aromatic rings. The minimum Gasteiger partial charge on any atom is -0.444 e. The fraction of sp³-hybridized carbons (Fsp3) is 0.333. The lowest BCUT2D eigenvalue weighted by Crippen LogP contribution is -2.35. The highest BCUT2D eigenvalue weighted by molar-refractivity contribution is 5.85. The number of nitrogens with one attached hydrogen (secondary N) is 3. The minimum absolute atomic E-state index is 0.171. The fourth-order valence-corrected chi connectivity index (χ4v) is 1.54. The number of carbonyl (C=O) groups excluding carboxylic acids is 1. The summed E-state index contributed by atoms with van der Waals surface area (Å²) < 4.78 is 44.5. The number of alkyl halides is 3. The average Bonchev–Trinajstić information content (AvgIpc) is 2.40. The summed E-state index contributed by atoms with van der Waals surface area (Å²) in [6.45, 7) is 4.73. The van der Waals surface area contributed by atoms with Crippen molar-refractivity contribution in [3.05, 3.63) is 41.7 Å². The smallest absolute Gasteiger partial charge is 0.433 e. The summed E-state index contributed by atoms with van der Waals surface area (Å²) in [5.41, 5.74) is -2.70. The molecule has 0 unspecified atom stereocenters. The molecule has 0 bridgehead atoms. The Bertz CT molecular complexity index is 590. The highest BCUT2D eigenvalue weighted by Gasteiger charge is 2.37. The van der Waals surface area contributed by atoms with Gasteiger partial charge in [-0.1, -0.05) is 18.2 Å². The third-order valence-electron chi connectivity index (χ3n) is 2.38. The van der Waals surface area contributed by atoms with Crippen LogP contribution in [0.15, 0.2) is 41.7 Å². The normalized spacial score (nSPS) is 13.0. The number of alkyl carbamates (subject to hydrolysis) is 1. The summed E-state index contributed by atoms with van der Waals surface area (Å²) in [7, 11) is 0. The van der Waals surface area contributed by atoms with Crippen molar-refractivity contribution in [1.82, 2.24) is 5.32 Å². The van der Waals surface area contributed by atoms with Gasteiger partial charge in [0.25, 0.3) is 0 Å². The number of halogens is 3. The van der Waals surface area contributed by atoms with Crippen molar-refractivity contribution in [2.45, 2.75) is 32.5 Å². The van der Waals surface area contributed by atoms with Crippen LogP contribution < -0.4 is 10.6 Å². The van der Waals surface area contributed by atoms with Crippen molar-refractivity contribution < 1.29 is 22.7 Å². The Balaban J connectivity index is 3.11. The number of anilines is 1. The first-order valence-electron chi connectivity index (χ1n) is 6.67. The number of rotatable bonds is 4. The van der Waals surface area contributed by atoms with Crippen LogP contribution in [0.3, 0.4) is 0 Å². The van der Waals surface area contributed by atoms with Crippen molar-refractivity contribution in [3.8, 4) is 0 Å². The van der Waals surface area contributed by atoms with Crippen molar-refractivity contribution >= 4 is 18.0 Å². The first-order valence-corrected chi connectivity index (χ1v) is 6.67. The van der Waals surface area contributed by atoms with E-state index in [2.05, 4.69) is 5.32 Å². The minimum atomic E-state index is -4.79. The van der Waals surface area contributed by atoms with Gasteiger partial charge < -0.3 is 15.5 Å². The lowest BCUT2D eigenvalue weighted by atomic mass is 10.2. The Kier molecular flexibility index (Phi) is 5.78. The van der Waals surface area contributed by atoms with Gasteiger partial charge in [-0.25, -0.2) is 4.79 Å². The lowest BCUT2D eigenvalue weighted by Gasteiger charge is -2.22. The maximum atomic E-state index is 13.2. The fourth-order valence-electron chi connectivity index (χ4n) is 1.54. The largest absolute Gasteiger partial charge is 0.444 e. The van der Waals surface area contributed by atoms with Crippen LogP contribution in [0.25, 0.3) is 0 Å². The van der Waals surface area contributed by atoms with Gasteiger partial charge in [0.1, 0.15) is 11.3 Å². The lowest BCUT2D eigenvalue weighted by molar-refractivity contribution is -0.0909. The van der Waals surface area contributed by atoms with Gasteiger partial charge in [-0.3, -0.25) is 5.32 Å². The number of allylic oxidation sites excluding steroid dienone is 2. The Hall–Kier alpha value is -2.51. The molecule has 0 aliphatic rings. The van der Waals surface area contributed by atoms with Gasteiger partial charge in [0.05, 0.1) is 5.70 Å². The molecule has 0 saturated heterocycles. The van der Waals surface area contributed by atoms with E-state index < -0.39 is 29.3 Å². The monoisotopic (exact) mass is 329 g/mol. The van der Waals surface area contributed by atoms with E-state index in [0.717, 1.165) is 0 Å². The molecule has 0 saturated carbocycles. The standard InChI is InChI=1S/C15H18F3N3O2/c1-14(2,3)23-13(22)21-11(9-19)12(15(16,17)18)20-10-7-5-4-6-8-10/h4-9,19-20H,1-3H3,(H,21,22)/b12-11+,19-9?. The van der Waals surface area contributed by atoms with Gasteiger partial charge >= 0.3 is 12.3 Å². The predicted octanol–water partition coefficient (Wildman–Crippen LogP) is 4.05. The number of hydrogen-bond donors (Lipinski definition) is 3. The highest BCUT2D eigenvalue weighted by Crippen LogP contribution is 2.28. The molecule has 1 amide bonds. The van der Waals surface area contributed by atoms with Gasteiger partial charge in [-0.15, -0.1) is 0 Å². The molecular formula is C15H18F3N3O2. The van der Waals surface area contributed by atoms with Crippen LogP contribution >= 0.6 is 0 Å². The van der Waals surface area contributed by atoms with Gasteiger partial charge in [0, 0.05) is 11.9 Å². The third kappa shape index (κ3) is 6.41. The zero-order valence-electron chi connectivity index (χ0n) is 12.9. The van der Waals surface area contributed by atoms with E-state index in [1.54, 1.807) is 39.0 Å². The predicted molar refractivity (Wildman–Crippen MR) is 81.3 cm³/mol. The number of hydrogen-bond acceptors (Lipinski definition) is 4. The second kappa shape index (κ2) is 7.17. The van der Waals surface area contributed by atoms with E-state index in [9.17, 15) is 18.0 Å². The van der Waals surface area contributed by atoms with Crippen LogP contribution in [0.5, 0.6) is 0 Å². The molecule has 5 nitrogen and oxygen atoms in total. The summed E-state index contributed by atoms with van der Waals surface area (Å²) in [5.74, 6) is 0. The zero-order chi connectivity index (χ0) is 17.7. The number of para-hydroxylation sites is 1. The Morgan fingerprint density at radius 2 is 1.74 bits per heavy atom. The number of carbonyl (C=O) groups is 1. The number of ether oxygens (including phenoxy) is 1. The number of benzene rings is 1. The molecule has 3 N–H and O–H groups in total. The average molecular weight is 329 g/mol. The zero-order valence-corrected chi connectivity index (χ0v) is 12.9. The van der Waals surface area contributed by atoms with Crippen molar-refractivity contribution in [3.63, 3.8) is 0 Å². The molecule has 0 aromatic heterocycles. The highest BCUT2D eigenvalue weighted by atomic mass is 19.4. The molecule has 0 aliphatic heterocycles. The maximum absolute atomic E-state index is 13.2. The summed E-state index contributed by atoms with van der Waals surface area (Å²) in [5, 5.41) is 11.3. The van der Waals surface area contributed by atoms with Gasteiger partial charge in [0.15, 0.2) is 0 Å². The molecule has 0 aliphatic carbocycles. The Labute approximate surface area is 132 Å². The van der Waals surface area contributed by atoms with E-state index in [1.807, 2.05) is 5.32 Å². The second-order valence-corrected chi connectivity index (χ2v) is 5.55. The van der Waals surface area contributed by atoms with E-state index in [-0.39, 0.29) is 5.69 Å². The third-order valence-corrected chi connectivity index (χ3v) is 2.38. The summed E-state index contributed by atoms with van der Waals surface area (Å²) in [4.78, 5) is 11.6. The summed E-state index contributed by atoms with van der Waals surface area (Å²) in [6, 6.07) is 7.63. The molecule has 1 rings (SSSR count). The molecule has 1 aromatic carbocycles.